The van der Waals surface area contributed by atoms with Gasteiger partial charge in [0.05, 0.1) is 7.11 Å². The predicted octanol–water partition coefficient (Wildman–Crippen LogP) is 5.44. The van der Waals surface area contributed by atoms with Crippen LogP contribution in [0.3, 0.4) is 0 Å². The number of nitrogens with one attached hydrogen (secondary N) is 2. The number of carbonyl (C=O) groups is 1. The van der Waals surface area contributed by atoms with E-state index in [1.807, 2.05) is 37.7 Å². The summed E-state index contributed by atoms with van der Waals surface area (Å²) >= 11 is 1.85. The first-order valence-electron chi connectivity index (χ1n) is 13.1. The fourth-order valence-electron chi connectivity index (χ4n) is 4.03. The van der Waals surface area contributed by atoms with E-state index in [1.54, 1.807) is 13.2 Å². The van der Waals surface area contributed by atoms with E-state index in [0.29, 0.717) is 33.4 Å². The van der Waals surface area contributed by atoms with Crippen molar-refractivity contribution in [3.05, 3.63) is 40.6 Å². The number of nitrogen functional groups attached to an aromatic ring is 1. The van der Waals surface area contributed by atoms with E-state index in [0.717, 1.165) is 79.0 Å². The van der Waals surface area contributed by atoms with Crippen molar-refractivity contribution in [3.63, 3.8) is 0 Å². The molecule has 0 spiro atoms. The minimum Gasteiger partial charge on any atom is -0.496 e. The highest BCUT2D eigenvalue weighted by Gasteiger charge is 2.18. The summed E-state index contributed by atoms with van der Waals surface area (Å²) in [6, 6.07) is 5.86. The summed E-state index contributed by atoms with van der Waals surface area (Å²) in [5.74, 6) is 2.73. The van der Waals surface area contributed by atoms with Gasteiger partial charge in [0.25, 0.3) is 5.91 Å². The second-order valence-electron chi connectivity index (χ2n) is 8.90. The molecule has 0 aliphatic rings. The molecule has 2 rings (SSSR count). The second kappa shape index (κ2) is 17.4. The van der Waals surface area contributed by atoms with Gasteiger partial charge in [0, 0.05) is 51.2 Å². The van der Waals surface area contributed by atoms with E-state index >= 15 is 0 Å². The third kappa shape index (κ3) is 10.7. The quantitative estimate of drug-likeness (QED) is 0.167. The van der Waals surface area contributed by atoms with Crippen molar-refractivity contribution < 1.29 is 14.1 Å². The fraction of sp³-hybridized carbons (Fsp3) is 0.593. The Morgan fingerprint density at radius 2 is 2.03 bits per heavy atom. The molecule has 0 saturated carbocycles. The lowest BCUT2D eigenvalue weighted by atomic mass is 9.99. The summed E-state index contributed by atoms with van der Waals surface area (Å²) in [4.78, 5) is 21.9. The van der Waals surface area contributed by atoms with E-state index in [1.165, 1.54) is 0 Å². The van der Waals surface area contributed by atoms with Crippen LogP contribution in [0.5, 0.6) is 5.75 Å². The van der Waals surface area contributed by atoms with Crippen molar-refractivity contribution in [1.29, 1.82) is 0 Å². The Kier molecular flexibility index (Phi) is 14.7. The van der Waals surface area contributed by atoms with Crippen LogP contribution in [0.1, 0.15) is 73.1 Å². The van der Waals surface area contributed by atoms with Crippen LogP contribution >= 0.6 is 20.6 Å². The molecular formula is C27H44N5O3PS. The van der Waals surface area contributed by atoms with Gasteiger partial charge in [-0.15, -0.1) is 0 Å². The summed E-state index contributed by atoms with van der Waals surface area (Å²) in [6.07, 6.45) is 8.91. The van der Waals surface area contributed by atoms with Crippen molar-refractivity contribution in [2.24, 2.45) is 0 Å². The number of hydrogen-bond donors (Lipinski definition) is 3. The van der Waals surface area contributed by atoms with E-state index in [4.69, 9.17) is 15.0 Å². The maximum atomic E-state index is 12.8. The van der Waals surface area contributed by atoms with Gasteiger partial charge in [-0.2, -0.15) is 16.7 Å². The molecular weight excluding hydrogens is 505 g/mol. The van der Waals surface area contributed by atoms with Crippen LogP contribution in [0.15, 0.2) is 18.2 Å². The molecule has 1 unspecified atom stereocenters. The minimum atomic E-state index is -0.0935. The van der Waals surface area contributed by atoms with Gasteiger partial charge in [0.1, 0.15) is 11.6 Å². The summed E-state index contributed by atoms with van der Waals surface area (Å²) in [7, 11) is 2.13. The molecule has 206 valence electrons. The smallest absolute Gasteiger partial charge is 0.251 e. The molecule has 2 aromatic rings. The first-order chi connectivity index (χ1) is 17.9. The van der Waals surface area contributed by atoms with Crippen LogP contribution in [0.25, 0.3) is 0 Å². The van der Waals surface area contributed by atoms with Crippen LogP contribution in [-0.4, -0.2) is 60.3 Å². The van der Waals surface area contributed by atoms with Crippen LogP contribution < -0.4 is 21.1 Å². The summed E-state index contributed by atoms with van der Waals surface area (Å²) in [5, 5.41) is 6.68. The number of unbranched alkanes of at least 4 members (excludes halogenated alkanes) is 1. The number of aromatic nitrogens is 2. The Hall–Kier alpha value is -2.09. The number of ether oxygens (including phenoxy) is 1. The first kappa shape index (κ1) is 31.1. The number of thioether (sulfide) groups is 1. The number of anilines is 2. The normalized spacial score (nSPS) is 12.1. The summed E-state index contributed by atoms with van der Waals surface area (Å²) in [5.41, 5.74) is 9.35. The molecule has 1 aromatic carbocycles. The third-order valence-electron chi connectivity index (χ3n) is 6.05. The number of amides is 1. The molecule has 8 nitrogen and oxygen atoms in total. The predicted molar refractivity (Wildman–Crippen MR) is 159 cm³/mol. The van der Waals surface area contributed by atoms with Crippen LogP contribution in [0.2, 0.25) is 0 Å². The monoisotopic (exact) mass is 549 g/mol. The van der Waals surface area contributed by atoms with E-state index in [-0.39, 0.29) is 11.9 Å². The van der Waals surface area contributed by atoms with Gasteiger partial charge < -0.3 is 25.6 Å². The Labute approximate surface area is 228 Å². The molecule has 1 aromatic heterocycles. The number of aryl methyl sites for hydroxylation is 1. The number of rotatable bonds is 18. The lowest BCUT2D eigenvalue weighted by Crippen LogP contribution is -2.25. The Bertz CT molecular complexity index is 971. The molecule has 1 heterocycles. The molecule has 0 bridgehead atoms. The highest BCUT2D eigenvalue weighted by atomic mass is 32.2. The zero-order chi connectivity index (χ0) is 27.0. The number of hydrogen-bond acceptors (Lipinski definition) is 8. The van der Waals surface area contributed by atoms with Crippen LogP contribution in [-0.2, 0) is 10.9 Å². The van der Waals surface area contributed by atoms with Crippen molar-refractivity contribution in [3.8, 4) is 5.75 Å². The number of nitrogens with two attached hydrogens (primary N) is 1. The lowest BCUT2D eigenvalue weighted by Gasteiger charge is -2.22. The molecule has 10 heteroatoms. The highest BCUT2D eigenvalue weighted by molar-refractivity contribution is 7.98. The maximum Gasteiger partial charge on any atom is 0.251 e. The van der Waals surface area contributed by atoms with E-state index < -0.39 is 0 Å². The molecule has 0 fully saturated rings. The van der Waals surface area contributed by atoms with Gasteiger partial charge in [0.2, 0.25) is 5.95 Å². The van der Waals surface area contributed by atoms with Gasteiger partial charge in [-0.3, -0.25) is 4.79 Å². The van der Waals surface area contributed by atoms with Crippen molar-refractivity contribution in [1.82, 2.24) is 15.3 Å². The molecule has 2 atom stereocenters. The Morgan fingerprint density at radius 1 is 1.22 bits per heavy atom. The molecule has 4 N–H and O–H groups in total. The molecule has 1 amide bonds. The third-order valence-corrected chi connectivity index (χ3v) is 7.74. The lowest BCUT2D eigenvalue weighted by molar-refractivity contribution is 0.0953. The van der Waals surface area contributed by atoms with E-state index in [9.17, 15) is 4.79 Å². The Morgan fingerprint density at radius 3 is 2.73 bits per heavy atom. The zero-order valence-electron chi connectivity index (χ0n) is 23.0. The average molecular weight is 550 g/mol. The van der Waals surface area contributed by atoms with Gasteiger partial charge >= 0.3 is 0 Å². The Balaban J connectivity index is 2.24. The largest absolute Gasteiger partial charge is 0.496 e. The topological polar surface area (TPSA) is 111 Å². The number of nitrogens with zero attached hydrogens (tertiary/aromatic N) is 2. The summed E-state index contributed by atoms with van der Waals surface area (Å²) < 4.78 is 11.0. The van der Waals surface area contributed by atoms with Crippen molar-refractivity contribution in [2.45, 2.75) is 65.3 Å². The van der Waals surface area contributed by atoms with Gasteiger partial charge in [-0.25, -0.2) is 4.98 Å². The molecule has 0 aliphatic carbocycles. The van der Waals surface area contributed by atoms with Crippen LogP contribution in [0.4, 0.5) is 11.8 Å². The van der Waals surface area contributed by atoms with Crippen molar-refractivity contribution in [2.75, 3.05) is 49.5 Å². The molecule has 0 aliphatic heterocycles. The SMILES string of the molecule is CCCC[C@@H](CCSC)Nc1nc(N)nc(C)c1Cc1cc(C(=O)NCCCPOCC)ccc1OC. The summed E-state index contributed by atoms with van der Waals surface area (Å²) in [6.45, 7) is 7.50. The molecule has 0 radical (unpaired) electrons. The second-order valence-corrected chi connectivity index (χ2v) is 11.0. The fourth-order valence-corrected chi connectivity index (χ4v) is 5.22. The molecule has 0 saturated heterocycles. The van der Waals surface area contributed by atoms with Gasteiger partial charge in [-0.05, 0) is 75.0 Å². The minimum absolute atomic E-state index is 0.0935. The highest BCUT2D eigenvalue weighted by Crippen LogP contribution is 2.29. The number of methoxy groups -OCH3 is 1. The maximum absolute atomic E-state index is 12.8. The van der Waals surface area contributed by atoms with E-state index in [2.05, 4.69) is 33.8 Å². The standard InChI is InChI=1S/C27H44N5O3PS/c1-6-8-10-22(13-16-37-5)31-25-23(19(3)30-27(28)32-25)18-21-17-20(11-12-24(21)34-4)26(33)29-14-9-15-36-35-7-2/h11-12,17,22,36H,6-10,13-16,18H2,1-5H3,(H,29,33)(H3,28,30,31,32)/t22-/m0/s1. The van der Waals surface area contributed by atoms with Crippen LogP contribution in [0, 0.1) is 6.92 Å². The average Bonchev–Trinajstić information content (AvgIpc) is 2.89. The number of carbonyl (C=O) groups excluding carboxylic acids is 1. The number of benzene rings is 1. The van der Waals surface area contributed by atoms with Gasteiger partial charge in [-0.1, -0.05) is 19.8 Å². The first-order valence-corrected chi connectivity index (χ1v) is 15.6. The molecule has 37 heavy (non-hydrogen) atoms. The zero-order valence-corrected chi connectivity index (χ0v) is 24.8. The van der Waals surface area contributed by atoms with Gasteiger partial charge in [0.15, 0.2) is 0 Å². The van der Waals surface area contributed by atoms with Crippen molar-refractivity contribution >= 4 is 38.2 Å².